The monoisotopic (exact) mass is 211 g/mol. The molecule has 2 heteroatoms. The molecule has 2 nitrogen and oxygen atoms in total. The van der Waals surface area contributed by atoms with Crippen LogP contribution in [0.1, 0.15) is 58.8 Å². The van der Waals surface area contributed by atoms with E-state index in [1.54, 1.807) is 0 Å². The number of Topliss-reactive ketones (excluding diaryl/α,β-unsaturated/α-hetero) is 1. The molecule has 1 aliphatic rings. The van der Waals surface area contributed by atoms with E-state index in [0.717, 1.165) is 6.42 Å². The van der Waals surface area contributed by atoms with Crippen LogP contribution in [0.3, 0.4) is 0 Å². The molecule has 0 bridgehead atoms. The van der Waals surface area contributed by atoms with Gasteiger partial charge in [0, 0.05) is 18.9 Å². The summed E-state index contributed by atoms with van der Waals surface area (Å²) in [5, 5.41) is 0. The number of carbonyl (C=O) groups excluding carboxylic acids is 1. The van der Waals surface area contributed by atoms with Crippen LogP contribution in [0.25, 0.3) is 0 Å². The molecule has 15 heavy (non-hydrogen) atoms. The molecule has 1 atom stereocenters. The van der Waals surface area contributed by atoms with E-state index in [0.29, 0.717) is 24.0 Å². The molecule has 0 aliphatic heterocycles. The molecule has 1 fully saturated rings. The number of ketones is 1. The Hall–Kier alpha value is -0.370. The number of hydrogen-bond donors (Lipinski definition) is 1. The first-order valence-electron chi connectivity index (χ1n) is 6.37. The maximum Gasteiger partial charge on any atom is 0.134 e. The zero-order chi connectivity index (χ0) is 11.3. The molecular weight excluding hydrogens is 186 g/mol. The smallest absolute Gasteiger partial charge is 0.134 e. The first-order valence-corrected chi connectivity index (χ1v) is 6.37. The molecular formula is C13H25NO. The van der Waals surface area contributed by atoms with Crippen molar-refractivity contribution in [3.63, 3.8) is 0 Å². The van der Waals surface area contributed by atoms with Crippen LogP contribution in [0.2, 0.25) is 0 Å². The van der Waals surface area contributed by atoms with Gasteiger partial charge in [0.2, 0.25) is 0 Å². The zero-order valence-corrected chi connectivity index (χ0v) is 10.2. The molecule has 0 amide bonds. The normalized spacial score (nSPS) is 20.5. The summed E-state index contributed by atoms with van der Waals surface area (Å²) in [5.74, 6) is 1.45. The highest BCUT2D eigenvalue weighted by Crippen LogP contribution is 2.27. The maximum absolute atomic E-state index is 11.7. The van der Waals surface area contributed by atoms with Gasteiger partial charge in [-0.15, -0.1) is 0 Å². The summed E-state index contributed by atoms with van der Waals surface area (Å²) in [5.41, 5.74) is 5.90. The highest BCUT2D eigenvalue weighted by Gasteiger charge is 2.19. The third-order valence-corrected chi connectivity index (χ3v) is 3.56. The largest absolute Gasteiger partial charge is 0.327 e. The SMILES string of the molecule is CC(C)C(N)CC(=O)CC1CCCCC1. The second-order valence-corrected chi connectivity index (χ2v) is 5.36. The van der Waals surface area contributed by atoms with Crippen LogP contribution in [0, 0.1) is 11.8 Å². The molecule has 2 N–H and O–H groups in total. The van der Waals surface area contributed by atoms with Gasteiger partial charge in [-0.2, -0.15) is 0 Å². The van der Waals surface area contributed by atoms with Gasteiger partial charge in [0.25, 0.3) is 0 Å². The minimum Gasteiger partial charge on any atom is -0.327 e. The lowest BCUT2D eigenvalue weighted by molar-refractivity contribution is -0.120. The lowest BCUT2D eigenvalue weighted by Crippen LogP contribution is -2.30. The van der Waals surface area contributed by atoms with Crippen LogP contribution >= 0.6 is 0 Å². The van der Waals surface area contributed by atoms with E-state index in [4.69, 9.17) is 5.73 Å². The van der Waals surface area contributed by atoms with E-state index in [9.17, 15) is 4.79 Å². The summed E-state index contributed by atoms with van der Waals surface area (Å²) >= 11 is 0. The summed E-state index contributed by atoms with van der Waals surface area (Å²) in [6.07, 6.45) is 7.85. The van der Waals surface area contributed by atoms with Gasteiger partial charge in [0.05, 0.1) is 0 Å². The predicted octanol–water partition coefficient (Wildman–Crippen LogP) is 2.90. The minimum atomic E-state index is 0.0566. The van der Waals surface area contributed by atoms with E-state index < -0.39 is 0 Å². The van der Waals surface area contributed by atoms with Crippen molar-refractivity contribution < 1.29 is 4.79 Å². The standard InChI is InChI=1S/C13H25NO/c1-10(2)13(14)9-12(15)8-11-6-4-3-5-7-11/h10-11,13H,3-9,14H2,1-2H3. The van der Waals surface area contributed by atoms with E-state index in [-0.39, 0.29) is 6.04 Å². The summed E-state index contributed by atoms with van der Waals surface area (Å²) < 4.78 is 0. The third-order valence-electron chi connectivity index (χ3n) is 3.56. The van der Waals surface area contributed by atoms with E-state index >= 15 is 0 Å². The fourth-order valence-electron chi connectivity index (χ4n) is 2.30. The summed E-state index contributed by atoms with van der Waals surface area (Å²) in [4.78, 5) is 11.7. The van der Waals surface area contributed by atoms with Crippen LogP contribution in [0.5, 0.6) is 0 Å². The molecule has 0 radical (unpaired) electrons. The molecule has 88 valence electrons. The van der Waals surface area contributed by atoms with Crippen molar-refractivity contribution in [1.29, 1.82) is 0 Å². The van der Waals surface area contributed by atoms with Gasteiger partial charge in [-0.05, 0) is 11.8 Å². The van der Waals surface area contributed by atoms with Gasteiger partial charge in [-0.1, -0.05) is 46.0 Å². The maximum atomic E-state index is 11.7. The van der Waals surface area contributed by atoms with Gasteiger partial charge >= 0.3 is 0 Å². The second-order valence-electron chi connectivity index (χ2n) is 5.36. The Bertz CT molecular complexity index is 195. The first kappa shape index (κ1) is 12.7. The second kappa shape index (κ2) is 6.26. The minimum absolute atomic E-state index is 0.0566. The lowest BCUT2D eigenvalue weighted by atomic mass is 9.84. The highest BCUT2D eigenvalue weighted by molar-refractivity contribution is 5.79. The van der Waals surface area contributed by atoms with Crippen molar-refractivity contribution in [2.24, 2.45) is 17.6 Å². The number of rotatable bonds is 5. The first-order chi connectivity index (χ1) is 7.09. The molecule has 0 aromatic heterocycles. The number of carbonyl (C=O) groups is 1. The van der Waals surface area contributed by atoms with Gasteiger partial charge in [-0.3, -0.25) is 4.79 Å². The average Bonchev–Trinajstić information content (AvgIpc) is 2.18. The van der Waals surface area contributed by atoms with Gasteiger partial charge in [0.15, 0.2) is 0 Å². The number of hydrogen-bond acceptors (Lipinski definition) is 2. The van der Waals surface area contributed by atoms with Crippen molar-refractivity contribution in [3.8, 4) is 0 Å². The molecule has 1 saturated carbocycles. The van der Waals surface area contributed by atoms with Crippen molar-refractivity contribution in [2.45, 2.75) is 64.8 Å². The van der Waals surface area contributed by atoms with Gasteiger partial charge < -0.3 is 5.73 Å². The highest BCUT2D eigenvalue weighted by atomic mass is 16.1. The molecule has 1 aliphatic carbocycles. The van der Waals surface area contributed by atoms with Crippen LogP contribution in [-0.2, 0) is 4.79 Å². The Morgan fingerprint density at radius 3 is 2.40 bits per heavy atom. The van der Waals surface area contributed by atoms with Crippen LogP contribution in [0.15, 0.2) is 0 Å². The molecule has 0 saturated heterocycles. The van der Waals surface area contributed by atoms with Crippen LogP contribution in [0.4, 0.5) is 0 Å². The Morgan fingerprint density at radius 2 is 1.87 bits per heavy atom. The Kier molecular flexibility index (Phi) is 5.30. The topological polar surface area (TPSA) is 43.1 Å². The summed E-state index contributed by atoms with van der Waals surface area (Å²) in [6, 6.07) is 0.0566. The Balaban J connectivity index is 2.22. The van der Waals surface area contributed by atoms with Gasteiger partial charge in [-0.25, -0.2) is 0 Å². The summed E-state index contributed by atoms with van der Waals surface area (Å²) in [7, 11) is 0. The third kappa shape index (κ3) is 4.78. The van der Waals surface area contributed by atoms with Crippen LogP contribution < -0.4 is 5.73 Å². The zero-order valence-electron chi connectivity index (χ0n) is 10.2. The fourth-order valence-corrected chi connectivity index (χ4v) is 2.30. The Morgan fingerprint density at radius 1 is 1.27 bits per heavy atom. The van der Waals surface area contributed by atoms with Crippen LogP contribution in [-0.4, -0.2) is 11.8 Å². The van der Waals surface area contributed by atoms with E-state index in [1.165, 1.54) is 32.1 Å². The Labute approximate surface area is 93.6 Å². The van der Waals surface area contributed by atoms with E-state index in [2.05, 4.69) is 13.8 Å². The molecule has 1 rings (SSSR count). The van der Waals surface area contributed by atoms with Gasteiger partial charge in [0.1, 0.15) is 5.78 Å². The fraction of sp³-hybridized carbons (Fsp3) is 0.923. The summed E-state index contributed by atoms with van der Waals surface area (Å²) in [6.45, 7) is 4.16. The average molecular weight is 211 g/mol. The molecule has 0 aromatic carbocycles. The van der Waals surface area contributed by atoms with E-state index in [1.807, 2.05) is 0 Å². The molecule has 1 unspecified atom stereocenters. The van der Waals surface area contributed by atoms with Crippen molar-refractivity contribution >= 4 is 5.78 Å². The molecule has 0 spiro atoms. The lowest BCUT2D eigenvalue weighted by Gasteiger charge is -2.22. The number of nitrogens with two attached hydrogens (primary N) is 1. The van der Waals surface area contributed by atoms with Crippen molar-refractivity contribution in [2.75, 3.05) is 0 Å². The predicted molar refractivity (Wildman–Crippen MR) is 63.6 cm³/mol. The molecule has 0 heterocycles. The van der Waals surface area contributed by atoms with Crippen molar-refractivity contribution in [3.05, 3.63) is 0 Å². The van der Waals surface area contributed by atoms with Crippen molar-refractivity contribution in [1.82, 2.24) is 0 Å². The quantitative estimate of drug-likeness (QED) is 0.760. The molecule has 0 aromatic rings.